The van der Waals surface area contributed by atoms with Gasteiger partial charge in [-0.15, -0.1) is 0 Å². The predicted octanol–water partition coefficient (Wildman–Crippen LogP) is 2.09. The van der Waals surface area contributed by atoms with Gasteiger partial charge in [0.1, 0.15) is 19.4 Å². The van der Waals surface area contributed by atoms with Crippen LogP contribution < -0.4 is 0 Å². The molecule has 0 amide bonds. The maximum atomic E-state index is 5.37. The molecule has 0 aliphatic carbocycles. The molecular formula is C9H15NO2. The van der Waals surface area contributed by atoms with Gasteiger partial charge in [0.15, 0.2) is 0 Å². The second-order valence-corrected chi connectivity index (χ2v) is 2.77. The van der Waals surface area contributed by atoms with Crippen LogP contribution in [-0.4, -0.2) is 19.4 Å². The highest BCUT2D eigenvalue weighted by atomic mass is 16.6. The summed E-state index contributed by atoms with van der Waals surface area (Å²) in [6.45, 7) is 2.73. The summed E-state index contributed by atoms with van der Waals surface area (Å²) in [7, 11) is 1.55. The summed E-state index contributed by atoms with van der Waals surface area (Å²) < 4.78 is 5.37. The van der Waals surface area contributed by atoms with Crippen molar-refractivity contribution in [3.63, 3.8) is 0 Å². The van der Waals surface area contributed by atoms with Gasteiger partial charge in [-0.05, 0) is 6.42 Å². The lowest BCUT2D eigenvalue weighted by atomic mass is 10.2. The highest BCUT2D eigenvalue weighted by Crippen LogP contribution is 2.14. The lowest BCUT2D eigenvalue weighted by molar-refractivity contribution is 0.207. The molecule has 3 nitrogen and oxygen atoms in total. The molecule has 0 saturated heterocycles. The van der Waals surface area contributed by atoms with Gasteiger partial charge in [0, 0.05) is 12.5 Å². The van der Waals surface area contributed by atoms with Crippen LogP contribution in [0.2, 0.25) is 0 Å². The number of oxime groups is 1. The minimum absolute atomic E-state index is 0.562. The second-order valence-electron chi connectivity index (χ2n) is 2.77. The van der Waals surface area contributed by atoms with E-state index in [1.54, 1.807) is 7.11 Å². The first-order valence-electron chi connectivity index (χ1n) is 4.30. The quantitative estimate of drug-likeness (QED) is 0.603. The molecule has 0 aromatic rings. The van der Waals surface area contributed by atoms with Crippen LogP contribution in [-0.2, 0) is 9.57 Å². The highest BCUT2D eigenvalue weighted by molar-refractivity contribution is 5.97. The van der Waals surface area contributed by atoms with E-state index >= 15 is 0 Å². The smallest absolute Gasteiger partial charge is 0.133 e. The fourth-order valence-electron chi connectivity index (χ4n) is 1.10. The third kappa shape index (κ3) is 2.57. The molecule has 1 heterocycles. The number of rotatable bonds is 4. The first kappa shape index (κ1) is 9.10. The zero-order valence-electron chi connectivity index (χ0n) is 7.67. The molecule has 12 heavy (non-hydrogen) atoms. The van der Waals surface area contributed by atoms with Crippen molar-refractivity contribution >= 4 is 5.71 Å². The van der Waals surface area contributed by atoms with E-state index in [-0.39, 0.29) is 0 Å². The molecule has 0 N–H and O–H groups in total. The second kappa shape index (κ2) is 4.80. The molecule has 0 saturated carbocycles. The average molecular weight is 169 g/mol. The fourth-order valence-corrected chi connectivity index (χ4v) is 1.10. The topological polar surface area (TPSA) is 30.8 Å². The van der Waals surface area contributed by atoms with Gasteiger partial charge in [-0.2, -0.15) is 0 Å². The standard InChI is InChI=1S/C9H15NO2/c1-3-4-5-9-6-8(7-12-9)10-11-2/h6H,3-5,7H2,1-2H3. The van der Waals surface area contributed by atoms with Crippen molar-refractivity contribution in [2.45, 2.75) is 26.2 Å². The molecule has 0 aromatic heterocycles. The maximum Gasteiger partial charge on any atom is 0.133 e. The van der Waals surface area contributed by atoms with E-state index in [9.17, 15) is 0 Å². The third-order valence-electron chi connectivity index (χ3n) is 1.72. The van der Waals surface area contributed by atoms with Crippen molar-refractivity contribution in [2.75, 3.05) is 13.7 Å². The van der Waals surface area contributed by atoms with Crippen LogP contribution in [0.15, 0.2) is 17.0 Å². The minimum atomic E-state index is 0.562. The van der Waals surface area contributed by atoms with Crippen LogP contribution in [0, 0.1) is 0 Å². The number of unbranched alkanes of at least 4 members (excludes halogenated alkanes) is 1. The van der Waals surface area contributed by atoms with Gasteiger partial charge in [0.25, 0.3) is 0 Å². The van der Waals surface area contributed by atoms with Crippen LogP contribution in [0.5, 0.6) is 0 Å². The Morgan fingerprint density at radius 2 is 2.50 bits per heavy atom. The van der Waals surface area contributed by atoms with Crippen LogP contribution in [0.4, 0.5) is 0 Å². The number of ether oxygens (including phenoxy) is 1. The Morgan fingerprint density at radius 1 is 1.67 bits per heavy atom. The Hall–Kier alpha value is -0.990. The van der Waals surface area contributed by atoms with E-state index in [4.69, 9.17) is 4.74 Å². The fraction of sp³-hybridized carbons (Fsp3) is 0.667. The van der Waals surface area contributed by atoms with E-state index < -0.39 is 0 Å². The summed E-state index contributed by atoms with van der Waals surface area (Å²) in [5.41, 5.74) is 0.878. The van der Waals surface area contributed by atoms with Crippen molar-refractivity contribution in [3.8, 4) is 0 Å². The summed E-state index contributed by atoms with van der Waals surface area (Å²) in [4.78, 5) is 4.64. The summed E-state index contributed by atoms with van der Waals surface area (Å²) in [6.07, 6.45) is 5.34. The van der Waals surface area contributed by atoms with Crippen molar-refractivity contribution < 1.29 is 9.57 Å². The van der Waals surface area contributed by atoms with Gasteiger partial charge in [-0.3, -0.25) is 0 Å². The SMILES string of the molecule is CCCCC1=CC(=NOC)CO1. The molecule has 1 aliphatic heterocycles. The molecule has 0 aromatic carbocycles. The lowest BCUT2D eigenvalue weighted by Crippen LogP contribution is -1.95. The molecule has 0 atom stereocenters. The summed E-state index contributed by atoms with van der Waals surface area (Å²) >= 11 is 0. The number of hydrogen-bond donors (Lipinski definition) is 0. The van der Waals surface area contributed by atoms with Crippen LogP contribution in [0.3, 0.4) is 0 Å². The van der Waals surface area contributed by atoms with Gasteiger partial charge in [0.05, 0.1) is 5.76 Å². The average Bonchev–Trinajstić information content (AvgIpc) is 2.50. The van der Waals surface area contributed by atoms with E-state index in [0.717, 1.165) is 17.9 Å². The zero-order chi connectivity index (χ0) is 8.81. The van der Waals surface area contributed by atoms with E-state index in [0.29, 0.717) is 6.61 Å². The van der Waals surface area contributed by atoms with E-state index in [1.807, 2.05) is 6.08 Å². The number of hydrogen-bond acceptors (Lipinski definition) is 3. The first-order chi connectivity index (χ1) is 5.86. The Labute approximate surface area is 73.0 Å². The number of nitrogens with zero attached hydrogens (tertiary/aromatic N) is 1. The molecule has 0 spiro atoms. The van der Waals surface area contributed by atoms with Gasteiger partial charge >= 0.3 is 0 Å². The molecule has 0 radical (unpaired) electrons. The van der Waals surface area contributed by atoms with Gasteiger partial charge < -0.3 is 9.57 Å². The molecule has 0 bridgehead atoms. The van der Waals surface area contributed by atoms with Crippen molar-refractivity contribution in [2.24, 2.45) is 5.16 Å². The molecule has 1 aliphatic rings. The summed E-state index contributed by atoms with van der Waals surface area (Å²) in [5.74, 6) is 1.03. The van der Waals surface area contributed by atoms with Crippen LogP contribution in [0.1, 0.15) is 26.2 Å². The lowest BCUT2D eigenvalue weighted by Gasteiger charge is -1.99. The monoisotopic (exact) mass is 169 g/mol. The Bertz CT molecular complexity index is 197. The molecule has 0 fully saturated rings. The molecule has 68 valence electrons. The Kier molecular flexibility index (Phi) is 3.64. The van der Waals surface area contributed by atoms with Gasteiger partial charge in [0.2, 0.25) is 0 Å². The predicted molar refractivity (Wildman–Crippen MR) is 48.0 cm³/mol. The highest BCUT2D eigenvalue weighted by Gasteiger charge is 2.10. The molecule has 3 heteroatoms. The van der Waals surface area contributed by atoms with Gasteiger partial charge in [-0.25, -0.2) is 0 Å². The summed E-state index contributed by atoms with van der Waals surface area (Å²) in [5, 5.41) is 3.80. The molecule has 0 unspecified atom stereocenters. The zero-order valence-corrected chi connectivity index (χ0v) is 7.67. The normalized spacial score (nSPS) is 19.2. The van der Waals surface area contributed by atoms with Crippen LogP contribution in [0.25, 0.3) is 0 Å². The van der Waals surface area contributed by atoms with E-state index in [2.05, 4.69) is 16.9 Å². The molecular weight excluding hydrogens is 154 g/mol. The first-order valence-corrected chi connectivity index (χ1v) is 4.30. The molecule has 1 rings (SSSR count). The van der Waals surface area contributed by atoms with Crippen LogP contribution >= 0.6 is 0 Å². The van der Waals surface area contributed by atoms with E-state index in [1.165, 1.54) is 12.8 Å². The largest absolute Gasteiger partial charge is 0.491 e. The Balaban J connectivity index is 2.37. The third-order valence-corrected chi connectivity index (χ3v) is 1.72. The maximum absolute atomic E-state index is 5.37. The Morgan fingerprint density at radius 3 is 3.17 bits per heavy atom. The summed E-state index contributed by atoms with van der Waals surface area (Å²) in [6, 6.07) is 0. The number of allylic oxidation sites excluding steroid dienone is 1. The van der Waals surface area contributed by atoms with Crippen molar-refractivity contribution in [1.29, 1.82) is 0 Å². The van der Waals surface area contributed by atoms with Crippen molar-refractivity contribution in [3.05, 3.63) is 11.8 Å². The van der Waals surface area contributed by atoms with Crippen molar-refractivity contribution in [1.82, 2.24) is 0 Å². The minimum Gasteiger partial charge on any atom is -0.491 e. The van der Waals surface area contributed by atoms with Gasteiger partial charge in [-0.1, -0.05) is 18.5 Å².